The SMILES string of the molecule is CC1=[C-]C(C)C(C)=C1C.[CH3-].[GeH2][c]1ccccc1.[NH-]C12CC3CC(CC(C3)C1)C2.[Ti+3].c1ccc(-c2ccccc2)cc1. The molecule has 214 valence electrons. The summed E-state index contributed by atoms with van der Waals surface area (Å²) in [4.78, 5) is 0. The van der Waals surface area contributed by atoms with Crippen LogP contribution in [-0.4, -0.2) is 22.1 Å². The molecule has 3 heteroatoms. The van der Waals surface area contributed by atoms with Crippen molar-refractivity contribution in [3.05, 3.63) is 127 Å². The molecular weight excluding hydrogens is 591 g/mol. The Hall–Kier alpha value is -1.64. The van der Waals surface area contributed by atoms with Crippen molar-refractivity contribution in [2.45, 2.75) is 71.8 Å². The van der Waals surface area contributed by atoms with E-state index in [2.05, 4.69) is 107 Å². The van der Waals surface area contributed by atoms with Gasteiger partial charge in [-0.25, -0.2) is 5.57 Å². The Kier molecular flexibility index (Phi) is 14.6. The summed E-state index contributed by atoms with van der Waals surface area (Å²) in [5, 5.41) is 0. The van der Waals surface area contributed by atoms with Gasteiger partial charge in [-0.15, -0.1) is 12.5 Å². The summed E-state index contributed by atoms with van der Waals surface area (Å²) in [7, 11) is 0. The van der Waals surface area contributed by atoms with Crippen molar-refractivity contribution >= 4 is 20.9 Å². The molecule has 0 aliphatic heterocycles. The van der Waals surface area contributed by atoms with Crippen molar-refractivity contribution in [1.29, 1.82) is 0 Å². The van der Waals surface area contributed by atoms with E-state index in [-0.39, 0.29) is 34.7 Å². The van der Waals surface area contributed by atoms with Crippen LogP contribution in [-0.2, 0) is 21.7 Å². The van der Waals surface area contributed by atoms with E-state index >= 15 is 0 Å². The molecule has 0 amide bonds. The van der Waals surface area contributed by atoms with Gasteiger partial charge in [-0.2, -0.15) is 11.1 Å². The van der Waals surface area contributed by atoms with Crippen LogP contribution in [0.2, 0.25) is 0 Å². The Morgan fingerprint density at radius 2 is 1.05 bits per heavy atom. The Morgan fingerprint density at radius 3 is 1.27 bits per heavy atom. The zero-order chi connectivity index (χ0) is 27.8. The molecular formula is C38H49GeNTi. The quantitative estimate of drug-likeness (QED) is 0.187. The second-order valence-corrected chi connectivity index (χ2v) is 13.9. The van der Waals surface area contributed by atoms with Gasteiger partial charge in [-0.1, -0.05) is 107 Å². The summed E-state index contributed by atoms with van der Waals surface area (Å²) in [5.74, 6) is 3.43. The zero-order valence-electron chi connectivity index (χ0n) is 25.9. The maximum atomic E-state index is 8.21. The standard InChI is InChI=1S/C12H10.C10H16N.C9H13.C6H7Ge.CH3.Ti/c1-3-7-11(8-4-1)12-9-5-2-6-10-12;11-10-4-7-1-8(5-10)3-9(2-7)6-10;1-6-5-7(2)9(4)8(6)3;7-6-4-2-1-3-5-6;;/h1-10H;7-9,11H,1-6H2;6H,1-4H3;1-5H,7H2;1H3;/q;2*-1;;-1;+3. The summed E-state index contributed by atoms with van der Waals surface area (Å²) in [5.41, 5.74) is 15.1. The van der Waals surface area contributed by atoms with Crippen LogP contribution in [0.3, 0.4) is 0 Å². The molecule has 5 aliphatic carbocycles. The van der Waals surface area contributed by atoms with Gasteiger partial charge in [0.25, 0.3) is 0 Å². The molecule has 0 aromatic heterocycles. The van der Waals surface area contributed by atoms with Gasteiger partial charge in [0, 0.05) is 0 Å². The minimum atomic E-state index is 0. The first-order chi connectivity index (χ1) is 18.7. The molecule has 8 rings (SSSR count). The fraction of sp³-hybridized carbons (Fsp3) is 0.395. The minimum absolute atomic E-state index is 0. The minimum Gasteiger partial charge on any atom is -0.672 e. The predicted molar refractivity (Wildman–Crippen MR) is 178 cm³/mol. The fourth-order valence-electron chi connectivity index (χ4n) is 7.01. The van der Waals surface area contributed by atoms with Gasteiger partial charge in [-0.3, -0.25) is 6.08 Å². The fourth-order valence-corrected chi connectivity index (χ4v) is 7.58. The van der Waals surface area contributed by atoms with Crippen LogP contribution in [0, 0.1) is 37.2 Å². The molecule has 3 aromatic carbocycles. The smallest absolute Gasteiger partial charge is 0.672 e. The van der Waals surface area contributed by atoms with Crippen LogP contribution in [0.5, 0.6) is 0 Å². The number of allylic oxidation sites excluding steroid dienone is 4. The van der Waals surface area contributed by atoms with Gasteiger partial charge < -0.3 is 13.2 Å². The average molecular weight is 640 g/mol. The van der Waals surface area contributed by atoms with Crippen LogP contribution in [0.25, 0.3) is 16.9 Å². The van der Waals surface area contributed by atoms with E-state index in [1.807, 2.05) is 18.2 Å². The summed E-state index contributed by atoms with van der Waals surface area (Å²) in [6, 6.07) is 31.2. The van der Waals surface area contributed by atoms with E-state index in [1.54, 1.807) is 0 Å². The van der Waals surface area contributed by atoms with E-state index in [4.69, 9.17) is 5.73 Å². The zero-order valence-corrected chi connectivity index (χ0v) is 30.4. The second-order valence-electron chi connectivity index (χ2n) is 12.2. The molecule has 2 radical (unpaired) electrons. The normalized spacial score (nSPS) is 26.4. The third-order valence-corrected chi connectivity index (χ3v) is 9.99. The summed E-state index contributed by atoms with van der Waals surface area (Å²) < 4.78 is 1.45. The Bertz CT molecular complexity index is 1160. The molecule has 1 unspecified atom stereocenters. The number of hydrogen-bond acceptors (Lipinski definition) is 0. The Morgan fingerprint density at radius 1 is 0.683 bits per heavy atom. The molecule has 41 heavy (non-hydrogen) atoms. The molecule has 1 N–H and O–H groups in total. The average Bonchev–Trinajstić information content (AvgIpc) is 3.15. The first kappa shape index (κ1) is 35.6. The van der Waals surface area contributed by atoms with Crippen molar-refractivity contribution in [3.8, 4) is 11.1 Å². The van der Waals surface area contributed by atoms with Crippen molar-refractivity contribution in [3.63, 3.8) is 0 Å². The topological polar surface area (TPSA) is 23.8 Å². The van der Waals surface area contributed by atoms with Crippen molar-refractivity contribution in [2.24, 2.45) is 23.7 Å². The van der Waals surface area contributed by atoms with Crippen LogP contribution >= 0.6 is 0 Å². The summed E-state index contributed by atoms with van der Waals surface area (Å²) >= 11 is 1.26. The second kappa shape index (κ2) is 16.9. The summed E-state index contributed by atoms with van der Waals surface area (Å²) in [6.45, 7) is 8.67. The van der Waals surface area contributed by atoms with Gasteiger partial charge in [-0.05, 0) is 48.1 Å². The van der Waals surface area contributed by atoms with Crippen LogP contribution < -0.4 is 4.40 Å². The predicted octanol–water partition coefficient (Wildman–Crippen LogP) is 9.48. The molecule has 0 spiro atoms. The molecule has 1 atom stereocenters. The number of nitrogens with one attached hydrogen (secondary N) is 1. The van der Waals surface area contributed by atoms with Crippen molar-refractivity contribution < 1.29 is 21.7 Å². The van der Waals surface area contributed by atoms with Gasteiger partial charge in [0.1, 0.15) is 0 Å². The van der Waals surface area contributed by atoms with Crippen LogP contribution in [0.1, 0.15) is 66.2 Å². The monoisotopic (exact) mass is 641 g/mol. The van der Waals surface area contributed by atoms with E-state index in [0.29, 0.717) is 5.92 Å². The molecule has 4 fully saturated rings. The van der Waals surface area contributed by atoms with Gasteiger partial charge in [0.15, 0.2) is 0 Å². The molecule has 5 aliphatic rings. The molecule has 4 saturated carbocycles. The Balaban J connectivity index is 0.000000192. The molecule has 0 heterocycles. The molecule has 0 saturated heterocycles. The van der Waals surface area contributed by atoms with Crippen LogP contribution in [0.15, 0.2) is 108 Å². The van der Waals surface area contributed by atoms with Gasteiger partial charge in [0.05, 0.1) is 0 Å². The van der Waals surface area contributed by atoms with Crippen LogP contribution in [0.4, 0.5) is 0 Å². The summed E-state index contributed by atoms with van der Waals surface area (Å²) in [6.07, 6.45) is 11.5. The first-order valence-corrected chi connectivity index (χ1v) is 16.2. The number of benzene rings is 3. The van der Waals surface area contributed by atoms with E-state index in [1.165, 1.54) is 87.3 Å². The number of hydrogen-bond donors (Lipinski definition) is 0. The van der Waals surface area contributed by atoms with Crippen molar-refractivity contribution in [2.75, 3.05) is 0 Å². The van der Waals surface area contributed by atoms with E-state index < -0.39 is 0 Å². The molecule has 4 bridgehead atoms. The number of rotatable bonds is 1. The Labute approximate surface area is 274 Å². The maximum Gasteiger partial charge on any atom is 3.00 e. The largest absolute Gasteiger partial charge is 3.00 e. The third-order valence-electron chi connectivity index (χ3n) is 9.00. The maximum absolute atomic E-state index is 8.21. The van der Waals surface area contributed by atoms with Crippen molar-refractivity contribution in [1.82, 2.24) is 0 Å². The molecule has 3 aromatic rings. The molecule has 1 nitrogen and oxygen atoms in total. The first-order valence-electron chi connectivity index (χ1n) is 14.7. The van der Waals surface area contributed by atoms with Gasteiger partial charge >= 0.3 is 73.0 Å². The van der Waals surface area contributed by atoms with E-state index in [0.717, 1.165) is 17.8 Å². The third kappa shape index (κ3) is 10.5. The van der Waals surface area contributed by atoms with E-state index in [9.17, 15) is 0 Å². The van der Waals surface area contributed by atoms with Gasteiger partial charge in [0.2, 0.25) is 0 Å².